The van der Waals surface area contributed by atoms with E-state index in [1.54, 1.807) is 11.3 Å². The van der Waals surface area contributed by atoms with Gasteiger partial charge in [-0.15, -0.1) is 11.3 Å². The molecule has 8 heteroatoms. The zero-order chi connectivity index (χ0) is 21.6. The van der Waals surface area contributed by atoms with Gasteiger partial charge in [-0.1, -0.05) is 30.3 Å². The minimum atomic E-state index is -0.672. The van der Waals surface area contributed by atoms with Crippen LogP contribution in [0.2, 0.25) is 0 Å². The number of nitrogens with one attached hydrogen (secondary N) is 1. The maximum Gasteiger partial charge on any atom is 0.286 e. The first-order chi connectivity index (χ1) is 15.2. The fourth-order valence-electron chi connectivity index (χ4n) is 3.98. The van der Waals surface area contributed by atoms with Crippen LogP contribution in [0.15, 0.2) is 53.6 Å². The Morgan fingerprint density at radius 1 is 1.19 bits per heavy atom. The highest BCUT2D eigenvalue weighted by molar-refractivity contribution is 7.10. The average molecular weight is 446 g/mol. The van der Waals surface area contributed by atoms with Gasteiger partial charge >= 0.3 is 0 Å². The molecule has 31 heavy (non-hydrogen) atoms. The third-order valence-electron chi connectivity index (χ3n) is 5.45. The summed E-state index contributed by atoms with van der Waals surface area (Å²) >= 11 is 1.62. The molecule has 1 aromatic heterocycles. The molecule has 0 radical (unpaired) electrons. The number of thiophene rings is 1. The molecule has 0 saturated carbocycles. The fraction of sp³-hybridized carbons (Fsp3) is 0.435. The van der Waals surface area contributed by atoms with E-state index in [9.17, 15) is 9.90 Å². The van der Waals surface area contributed by atoms with E-state index in [4.69, 9.17) is 19.3 Å². The quantitative estimate of drug-likeness (QED) is 0.513. The largest absolute Gasteiger partial charge is 0.459 e. The molecule has 166 valence electrons. The van der Waals surface area contributed by atoms with Crippen LogP contribution in [-0.4, -0.2) is 54.9 Å². The summed E-state index contributed by atoms with van der Waals surface area (Å²) < 4.78 is 16.9. The number of hydrogen-bond acceptors (Lipinski definition) is 7. The number of aliphatic hydroxyl groups is 2. The highest BCUT2D eigenvalue weighted by Gasteiger charge is 2.35. The van der Waals surface area contributed by atoms with Crippen molar-refractivity contribution in [1.82, 2.24) is 5.32 Å². The molecule has 1 aromatic carbocycles. The van der Waals surface area contributed by atoms with Crippen LogP contribution in [0.1, 0.15) is 34.4 Å². The lowest BCUT2D eigenvalue weighted by Crippen LogP contribution is -2.38. The summed E-state index contributed by atoms with van der Waals surface area (Å²) in [5.74, 6) is -0.173. The van der Waals surface area contributed by atoms with Crippen LogP contribution >= 0.6 is 11.3 Å². The maximum atomic E-state index is 13.1. The number of aliphatic hydroxyl groups excluding tert-OH is 2. The summed E-state index contributed by atoms with van der Waals surface area (Å²) in [6.07, 6.45) is 1.67. The van der Waals surface area contributed by atoms with Crippen LogP contribution in [0.4, 0.5) is 0 Å². The molecule has 0 fully saturated rings. The second kappa shape index (κ2) is 10.4. The molecule has 1 aliphatic carbocycles. The number of rotatable bonds is 9. The molecule has 0 unspecified atom stereocenters. The molecule has 0 spiro atoms. The smallest absolute Gasteiger partial charge is 0.286 e. The Morgan fingerprint density at radius 3 is 2.87 bits per heavy atom. The Bertz CT molecular complexity index is 899. The van der Waals surface area contributed by atoms with Crippen molar-refractivity contribution in [1.29, 1.82) is 0 Å². The Morgan fingerprint density at radius 2 is 2.06 bits per heavy atom. The first-order valence-corrected chi connectivity index (χ1v) is 11.3. The van der Waals surface area contributed by atoms with Crippen LogP contribution in [0.5, 0.6) is 0 Å². The highest BCUT2D eigenvalue weighted by Crippen LogP contribution is 2.35. The molecule has 2 heterocycles. The fourth-order valence-corrected chi connectivity index (χ4v) is 4.79. The normalized spacial score (nSPS) is 24.9. The van der Waals surface area contributed by atoms with Crippen molar-refractivity contribution >= 4 is 17.2 Å². The topological polar surface area (TPSA) is 97.3 Å². The molecule has 7 nitrogen and oxygen atoms in total. The SMILES string of the molecule is O=C(N[C@H]1c2ccccc2C[C@H]1O)C1=C[C@@H](c2cccs2)C[C@@H](OCCOCCO)O1. The lowest BCUT2D eigenvalue weighted by Gasteiger charge is -2.29. The molecular formula is C23H27NO6S. The minimum absolute atomic E-state index is 0.00125. The van der Waals surface area contributed by atoms with E-state index < -0.39 is 18.4 Å². The van der Waals surface area contributed by atoms with Crippen molar-refractivity contribution in [3.63, 3.8) is 0 Å². The average Bonchev–Trinajstić information content (AvgIpc) is 3.42. The van der Waals surface area contributed by atoms with Gasteiger partial charge in [0.2, 0.25) is 6.29 Å². The Balaban J connectivity index is 1.45. The predicted molar refractivity (Wildman–Crippen MR) is 116 cm³/mol. The second-order valence-electron chi connectivity index (χ2n) is 7.56. The van der Waals surface area contributed by atoms with Gasteiger partial charge in [-0.05, 0) is 28.6 Å². The van der Waals surface area contributed by atoms with E-state index >= 15 is 0 Å². The number of amides is 1. The standard InChI is InChI=1S/C23H27NO6S/c25-7-8-28-9-10-29-21-14-16(20-6-3-11-31-20)13-19(30-21)23(27)24-22-17-5-2-1-4-15(17)12-18(22)26/h1-6,11,13,16,18,21-22,25-26H,7-10,12,14H2,(H,24,27)/t16-,18-,21+,22+/m1/s1. The minimum Gasteiger partial charge on any atom is -0.459 e. The van der Waals surface area contributed by atoms with Crippen molar-refractivity contribution < 1.29 is 29.2 Å². The van der Waals surface area contributed by atoms with Crippen molar-refractivity contribution in [2.45, 2.75) is 37.2 Å². The summed E-state index contributed by atoms with van der Waals surface area (Å²) in [5, 5.41) is 24.2. The van der Waals surface area contributed by atoms with Gasteiger partial charge in [-0.25, -0.2) is 0 Å². The van der Waals surface area contributed by atoms with E-state index in [2.05, 4.69) is 5.32 Å². The van der Waals surface area contributed by atoms with Crippen molar-refractivity contribution in [2.75, 3.05) is 26.4 Å². The van der Waals surface area contributed by atoms with Gasteiger partial charge < -0.3 is 29.7 Å². The molecule has 1 amide bonds. The number of allylic oxidation sites excluding steroid dienone is 1. The lowest BCUT2D eigenvalue weighted by atomic mass is 9.99. The molecule has 3 N–H and O–H groups in total. The van der Waals surface area contributed by atoms with E-state index in [1.165, 1.54) is 0 Å². The summed E-state index contributed by atoms with van der Waals surface area (Å²) in [7, 11) is 0. The summed E-state index contributed by atoms with van der Waals surface area (Å²) in [6, 6.07) is 11.3. The molecule has 4 rings (SSSR count). The zero-order valence-corrected chi connectivity index (χ0v) is 17.9. The molecule has 2 aromatic rings. The van der Waals surface area contributed by atoms with E-state index in [0.29, 0.717) is 26.1 Å². The van der Waals surface area contributed by atoms with Gasteiger partial charge in [0.25, 0.3) is 5.91 Å². The van der Waals surface area contributed by atoms with Gasteiger partial charge in [-0.3, -0.25) is 4.79 Å². The predicted octanol–water partition coefficient (Wildman–Crippen LogP) is 2.26. The number of benzene rings is 1. The van der Waals surface area contributed by atoms with Crippen molar-refractivity contribution in [3.05, 3.63) is 69.6 Å². The monoisotopic (exact) mass is 445 g/mol. The van der Waals surface area contributed by atoms with Gasteiger partial charge in [-0.2, -0.15) is 0 Å². The van der Waals surface area contributed by atoms with Gasteiger partial charge in [0.15, 0.2) is 5.76 Å². The van der Waals surface area contributed by atoms with Crippen LogP contribution in [0, 0.1) is 0 Å². The number of fused-ring (bicyclic) bond motifs is 1. The zero-order valence-electron chi connectivity index (χ0n) is 17.1. The molecule has 0 bridgehead atoms. The van der Waals surface area contributed by atoms with Gasteiger partial charge in [0.05, 0.1) is 38.6 Å². The van der Waals surface area contributed by atoms with Gasteiger partial charge in [0.1, 0.15) is 0 Å². The second-order valence-corrected chi connectivity index (χ2v) is 8.54. The summed E-state index contributed by atoms with van der Waals surface area (Å²) in [5.41, 5.74) is 1.97. The summed E-state index contributed by atoms with van der Waals surface area (Å²) in [6.45, 7) is 0.848. The Labute approximate surface area is 185 Å². The van der Waals surface area contributed by atoms with Crippen LogP contribution in [-0.2, 0) is 25.4 Å². The first-order valence-electron chi connectivity index (χ1n) is 10.4. The highest BCUT2D eigenvalue weighted by atomic mass is 32.1. The van der Waals surface area contributed by atoms with Crippen LogP contribution in [0.3, 0.4) is 0 Å². The molecular weight excluding hydrogens is 418 g/mol. The van der Waals surface area contributed by atoms with Crippen LogP contribution < -0.4 is 5.32 Å². The number of carbonyl (C=O) groups is 1. The van der Waals surface area contributed by atoms with Crippen molar-refractivity contribution in [2.24, 2.45) is 0 Å². The van der Waals surface area contributed by atoms with E-state index in [1.807, 2.05) is 47.9 Å². The first kappa shape index (κ1) is 22.0. The van der Waals surface area contributed by atoms with Gasteiger partial charge in [0, 0.05) is 23.6 Å². The summed E-state index contributed by atoms with van der Waals surface area (Å²) in [4.78, 5) is 14.2. The number of hydrogen-bond donors (Lipinski definition) is 3. The third-order valence-corrected chi connectivity index (χ3v) is 6.45. The Hall–Kier alpha value is -2.23. The molecule has 4 atom stereocenters. The number of ether oxygens (including phenoxy) is 3. The Kier molecular flexibility index (Phi) is 7.37. The van der Waals surface area contributed by atoms with E-state index in [-0.39, 0.29) is 30.8 Å². The van der Waals surface area contributed by atoms with Crippen molar-refractivity contribution in [3.8, 4) is 0 Å². The van der Waals surface area contributed by atoms with E-state index in [0.717, 1.165) is 16.0 Å². The lowest BCUT2D eigenvalue weighted by molar-refractivity contribution is -0.151. The molecule has 0 saturated heterocycles. The number of carbonyl (C=O) groups excluding carboxylic acids is 1. The molecule has 1 aliphatic heterocycles. The van der Waals surface area contributed by atoms with Crippen LogP contribution in [0.25, 0.3) is 0 Å². The maximum absolute atomic E-state index is 13.1. The third kappa shape index (κ3) is 5.34. The molecule has 2 aliphatic rings.